The highest BCUT2D eigenvalue weighted by atomic mass is 16.5. The molecule has 2 aromatic carbocycles. The molecule has 0 spiro atoms. The monoisotopic (exact) mass is 459 g/mol. The van der Waals surface area contributed by atoms with E-state index in [-0.39, 0.29) is 17.0 Å². The number of pyridine rings is 1. The number of hydrogen-bond acceptors (Lipinski definition) is 4. The summed E-state index contributed by atoms with van der Waals surface area (Å²) in [6.45, 7) is 6.01. The van der Waals surface area contributed by atoms with E-state index in [0.29, 0.717) is 19.0 Å². The van der Waals surface area contributed by atoms with Gasteiger partial charge in [-0.15, -0.1) is 0 Å². The molecule has 6 nitrogen and oxygen atoms in total. The summed E-state index contributed by atoms with van der Waals surface area (Å²) in [7, 11) is 1.68. The molecule has 1 aliphatic rings. The molecule has 1 saturated heterocycles. The number of methoxy groups -OCH3 is 1. The van der Waals surface area contributed by atoms with Crippen LogP contribution in [0.3, 0.4) is 0 Å². The molecular weight excluding hydrogens is 426 g/mol. The van der Waals surface area contributed by atoms with E-state index in [1.54, 1.807) is 30.0 Å². The lowest BCUT2D eigenvalue weighted by atomic mass is 9.96. The highest BCUT2D eigenvalue weighted by Gasteiger charge is 2.21. The molecule has 1 N–H and O–H groups in total. The number of benzene rings is 2. The topological polar surface area (TPSA) is 63.6 Å². The lowest BCUT2D eigenvalue weighted by molar-refractivity contribution is 0.0933. The van der Waals surface area contributed by atoms with Crippen molar-refractivity contribution in [1.29, 1.82) is 0 Å². The molecule has 3 aromatic rings. The van der Waals surface area contributed by atoms with Gasteiger partial charge in [0.15, 0.2) is 0 Å². The van der Waals surface area contributed by atoms with Gasteiger partial charge in [0.25, 0.3) is 11.5 Å². The van der Waals surface area contributed by atoms with Crippen LogP contribution >= 0.6 is 0 Å². The molecule has 0 saturated carbocycles. The molecule has 2 heterocycles. The Kier molecular flexibility index (Phi) is 7.80. The maximum atomic E-state index is 12.9. The van der Waals surface area contributed by atoms with Crippen molar-refractivity contribution in [2.24, 2.45) is 5.92 Å². The van der Waals surface area contributed by atoms with Crippen LogP contribution in [0.2, 0.25) is 0 Å². The van der Waals surface area contributed by atoms with Gasteiger partial charge in [0.05, 0.1) is 13.7 Å². The van der Waals surface area contributed by atoms with Gasteiger partial charge in [-0.1, -0.05) is 42.0 Å². The highest BCUT2D eigenvalue weighted by Crippen LogP contribution is 2.20. The average Bonchev–Trinajstić information content (AvgIpc) is 2.85. The van der Waals surface area contributed by atoms with Gasteiger partial charge in [-0.25, -0.2) is 0 Å². The zero-order valence-electron chi connectivity index (χ0n) is 20.0. The van der Waals surface area contributed by atoms with E-state index in [2.05, 4.69) is 28.4 Å². The third-order valence-corrected chi connectivity index (χ3v) is 6.52. The summed E-state index contributed by atoms with van der Waals surface area (Å²) < 4.78 is 6.83. The van der Waals surface area contributed by atoms with Crippen LogP contribution in [0, 0.1) is 12.8 Å². The molecule has 1 aliphatic heterocycles. The summed E-state index contributed by atoms with van der Waals surface area (Å²) in [6, 6.07) is 19.6. The van der Waals surface area contributed by atoms with Gasteiger partial charge in [0.1, 0.15) is 11.3 Å². The number of aromatic nitrogens is 1. The van der Waals surface area contributed by atoms with E-state index in [0.717, 1.165) is 49.4 Å². The summed E-state index contributed by atoms with van der Waals surface area (Å²) in [5, 5.41) is 3.00. The number of nitrogens with zero attached hydrogens (tertiary/aromatic N) is 2. The van der Waals surface area contributed by atoms with Crippen molar-refractivity contribution in [3.63, 3.8) is 0 Å². The first-order chi connectivity index (χ1) is 16.5. The van der Waals surface area contributed by atoms with Crippen LogP contribution in [0.1, 0.15) is 39.9 Å². The fraction of sp³-hybridized carbons (Fsp3) is 0.357. The molecule has 0 atom stereocenters. The molecule has 1 fully saturated rings. The smallest absolute Gasteiger partial charge is 0.263 e. The second-order valence-corrected chi connectivity index (χ2v) is 9.12. The number of carbonyl (C=O) groups is 1. The first-order valence-corrected chi connectivity index (χ1v) is 11.9. The Morgan fingerprint density at radius 2 is 1.76 bits per heavy atom. The van der Waals surface area contributed by atoms with Crippen molar-refractivity contribution in [3.8, 4) is 5.75 Å². The number of hydrogen-bond donors (Lipinski definition) is 1. The van der Waals surface area contributed by atoms with E-state index in [4.69, 9.17) is 4.74 Å². The van der Waals surface area contributed by atoms with Gasteiger partial charge in [-0.2, -0.15) is 0 Å². The number of amides is 1. The van der Waals surface area contributed by atoms with Crippen LogP contribution in [0.4, 0.5) is 0 Å². The summed E-state index contributed by atoms with van der Waals surface area (Å²) in [6.07, 6.45) is 3.80. The third-order valence-electron chi connectivity index (χ3n) is 6.52. The third kappa shape index (κ3) is 6.14. The largest absolute Gasteiger partial charge is 0.497 e. The number of carbonyl (C=O) groups excluding carboxylic acids is 1. The Bertz CT molecular complexity index is 1160. The molecule has 0 radical (unpaired) electrons. The van der Waals surface area contributed by atoms with E-state index in [1.807, 2.05) is 37.3 Å². The molecular formula is C28H33N3O3. The number of nitrogens with one attached hydrogen (secondary N) is 1. The SMILES string of the molecule is COc1ccc(CN2CCC(CNC(=O)c3cccn(Cc4cccc(C)c4)c3=O)CC2)cc1. The van der Waals surface area contributed by atoms with Crippen molar-refractivity contribution in [2.75, 3.05) is 26.7 Å². The summed E-state index contributed by atoms with van der Waals surface area (Å²) in [5.74, 6) is 1.01. The molecule has 0 bridgehead atoms. The van der Waals surface area contributed by atoms with Gasteiger partial charge < -0.3 is 14.6 Å². The maximum Gasteiger partial charge on any atom is 0.263 e. The lowest BCUT2D eigenvalue weighted by Crippen LogP contribution is -2.39. The minimum atomic E-state index is -0.288. The molecule has 6 heteroatoms. The fourth-order valence-corrected chi connectivity index (χ4v) is 4.51. The number of ether oxygens (including phenoxy) is 1. The second-order valence-electron chi connectivity index (χ2n) is 9.12. The molecule has 0 unspecified atom stereocenters. The number of likely N-dealkylation sites (tertiary alicyclic amines) is 1. The number of piperidine rings is 1. The highest BCUT2D eigenvalue weighted by molar-refractivity contribution is 5.93. The second kappa shape index (κ2) is 11.2. The predicted octanol–water partition coefficient (Wildman–Crippen LogP) is 3.86. The summed E-state index contributed by atoms with van der Waals surface area (Å²) >= 11 is 0. The van der Waals surface area contributed by atoms with E-state index in [9.17, 15) is 9.59 Å². The van der Waals surface area contributed by atoms with Gasteiger partial charge in [0.2, 0.25) is 0 Å². The Morgan fingerprint density at radius 1 is 1.00 bits per heavy atom. The quantitative estimate of drug-likeness (QED) is 0.556. The minimum Gasteiger partial charge on any atom is -0.497 e. The van der Waals surface area contributed by atoms with Gasteiger partial charge in [0, 0.05) is 19.3 Å². The normalized spacial score (nSPS) is 14.6. The van der Waals surface area contributed by atoms with Crippen LogP contribution in [0.15, 0.2) is 71.7 Å². The van der Waals surface area contributed by atoms with Crippen molar-refractivity contribution in [2.45, 2.75) is 32.9 Å². The molecule has 178 valence electrons. The summed E-state index contributed by atoms with van der Waals surface area (Å²) in [5.41, 5.74) is 3.41. The Hall–Kier alpha value is -3.38. The first-order valence-electron chi connectivity index (χ1n) is 11.9. The van der Waals surface area contributed by atoms with Crippen LogP contribution in [0.5, 0.6) is 5.75 Å². The number of rotatable bonds is 8. The molecule has 0 aliphatic carbocycles. The molecule has 1 amide bonds. The van der Waals surface area contributed by atoms with Crippen LogP contribution < -0.4 is 15.6 Å². The van der Waals surface area contributed by atoms with Gasteiger partial charge in [-0.3, -0.25) is 14.5 Å². The Labute approximate surface area is 201 Å². The molecule has 4 rings (SSSR count). The van der Waals surface area contributed by atoms with Crippen molar-refractivity contribution >= 4 is 5.91 Å². The van der Waals surface area contributed by atoms with Crippen LogP contribution in [-0.2, 0) is 13.1 Å². The summed E-state index contributed by atoms with van der Waals surface area (Å²) in [4.78, 5) is 28.1. The van der Waals surface area contributed by atoms with Crippen molar-refractivity contribution < 1.29 is 9.53 Å². The van der Waals surface area contributed by atoms with Crippen LogP contribution in [0.25, 0.3) is 0 Å². The van der Waals surface area contributed by atoms with Gasteiger partial charge in [-0.05, 0) is 74.2 Å². The first kappa shape index (κ1) is 23.8. The standard InChI is InChI=1S/C28H33N3O3/c1-21-5-3-6-24(17-21)20-31-14-4-7-26(28(31)33)27(32)29-18-22-12-15-30(16-13-22)19-23-8-10-25(34-2)11-9-23/h3-11,14,17,22H,12-13,15-16,18-20H2,1-2H3,(H,29,32). The minimum absolute atomic E-state index is 0.201. The lowest BCUT2D eigenvalue weighted by Gasteiger charge is -2.32. The predicted molar refractivity (Wildman–Crippen MR) is 134 cm³/mol. The average molecular weight is 460 g/mol. The Balaban J connectivity index is 1.27. The van der Waals surface area contributed by atoms with Crippen LogP contribution in [-0.4, -0.2) is 42.1 Å². The van der Waals surface area contributed by atoms with Gasteiger partial charge >= 0.3 is 0 Å². The molecule has 34 heavy (non-hydrogen) atoms. The van der Waals surface area contributed by atoms with Crippen molar-refractivity contribution in [1.82, 2.24) is 14.8 Å². The fourth-order valence-electron chi connectivity index (χ4n) is 4.51. The van der Waals surface area contributed by atoms with Crippen molar-refractivity contribution in [3.05, 3.63) is 99.5 Å². The Morgan fingerprint density at radius 3 is 2.47 bits per heavy atom. The maximum absolute atomic E-state index is 12.9. The van der Waals surface area contributed by atoms with E-state index < -0.39 is 0 Å². The zero-order valence-corrected chi connectivity index (χ0v) is 20.0. The van der Waals surface area contributed by atoms with E-state index >= 15 is 0 Å². The van der Waals surface area contributed by atoms with E-state index in [1.165, 1.54) is 5.56 Å². The zero-order chi connectivity index (χ0) is 23.9. The number of aryl methyl sites for hydroxylation is 1. The molecule has 1 aromatic heterocycles.